The summed E-state index contributed by atoms with van der Waals surface area (Å²) in [5.41, 5.74) is 2.29. The van der Waals surface area contributed by atoms with Crippen molar-refractivity contribution in [3.05, 3.63) is 94.3 Å². The number of nitrogens with zero attached hydrogens (tertiary/aromatic N) is 1. The van der Waals surface area contributed by atoms with Crippen LogP contribution in [0.5, 0.6) is 17.2 Å². The van der Waals surface area contributed by atoms with Gasteiger partial charge in [-0.2, -0.15) is 0 Å². The number of esters is 1. The lowest BCUT2D eigenvalue weighted by Gasteiger charge is -2.41. The molecule has 1 aliphatic heterocycles. The van der Waals surface area contributed by atoms with E-state index in [-0.39, 0.29) is 45.6 Å². The minimum Gasteiger partial charge on any atom is -0.496 e. The number of hydrogen-bond acceptors (Lipinski definition) is 8. The van der Waals surface area contributed by atoms with Crippen molar-refractivity contribution in [1.29, 1.82) is 0 Å². The molecule has 214 valence electrons. The number of pyridine rings is 1. The zero-order chi connectivity index (χ0) is 29.8. The van der Waals surface area contributed by atoms with Crippen LogP contribution in [-0.2, 0) is 10.3 Å². The number of ketones is 1. The van der Waals surface area contributed by atoms with E-state index in [0.29, 0.717) is 11.1 Å². The highest BCUT2D eigenvalue weighted by atomic mass is 35.5. The number of rotatable bonds is 5. The van der Waals surface area contributed by atoms with Crippen molar-refractivity contribution in [1.82, 2.24) is 4.98 Å². The van der Waals surface area contributed by atoms with Crippen molar-refractivity contribution in [2.45, 2.75) is 25.0 Å². The molecular weight excluding hydrogens is 558 g/mol. The Hall–Kier alpha value is -4.40. The molecule has 0 radical (unpaired) electrons. The highest BCUT2D eigenvalue weighted by Gasteiger charge is 2.60. The minimum absolute atomic E-state index is 0.0259. The summed E-state index contributed by atoms with van der Waals surface area (Å²) in [6.45, 7) is 1.80. The summed E-state index contributed by atoms with van der Waals surface area (Å²) in [5, 5.41) is 11.6. The lowest BCUT2D eigenvalue weighted by atomic mass is 9.69. The molecular formula is C33H28ClNO7. The number of carbonyl (C=O) groups excluding carboxylic acids is 2. The number of ether oxygens (including phenoxy) is 4. The van der Waals surface area contributed by atoms with E-state index >= 15 is 0 Å². The molecule has 1 aliphatic carbocycles. The summed E-state index contributed by atoms with van der Waals surface area (Å²) in [5.74, 6) is -1.07. The van der Waals surface area contributed by atoms with Crippen LogP contribution in [0.1, 0.15) is 51.6 Å². The molecule has 3 atom stereocenters. The molecule has 2 aliphatic rings. The summed E-state index contributed by atoms with van der Waals surface area (Å²) in [6, 6.07) is 20.8. The largest absolute Gasteiger partial charge is 0.496 e. The minimum atomic E-state index is -1.69. The predicted molar refractivity (Wildman–Crippen MR) is 156 cm³/mol. The zero-order valence-electron chi connectivity index (χ0n) is 23.4. The normalized spacial score (nSPS) is 20.5. The maximum atomic E-state index is 14.4. The fraction of sp³-hybridized carbons (Fsp3) is 0.242. The third-order valence-electron chi connectivity index (χ3n) is 8.13. The molecule has 0 fully saturated rings. The first-order valence-corrected chi connectivity index (χ1v) is 13.8. The van der Waals surface area contributed by atoms with Gasteiger partial charge in [-0.3, -0.25) is 4.79 Å². The number of hydrogen-bond donors (Lipinski definition) is 1. The molecule has 8 nitrogen and oxygen atoms in total. The van der Waals surface area contributed by atoms with Crippen LogP contribution in [-0.4, -0.2) is 43.2 Å². The van der Waals surface area contributed by atoms with Gasteiger partial charge >= 0.3 is 5.97 Å². The molecule has 0 saturated heterocycles. The Labute approximate surface area is 247 Å². The van der Waals surface area contributed by atoms with Crippen LogP contribution in [0.15, 0.2) is 66.7 Å². The lowest BCUT2D eigenvalue weighted by Crippen LogP contribution is -2.48. The first-order chi connectivity index (χ1) is 20.2. The molecule has 1 aromatic heterocycles. The highest BCUT2D eigenvalue weighted by molar-refractivity contribution is 6.35. The van der Waals surface area contributed by atoms with E-state index in [1.165, 1.54) is 27.4 Å². The van der Waals surface area contributed by atoms with Crippen molar-refractivity contribution < 1.29 is 33.6 Å². The van der Waals surface area contributed by atoms with E-state index in [9.17, 15) is 14.7 Å². The van der Waals surface area contributed by atoms with E-state index in [1.807, 2.05) is 54.6 Å². The first-order valence-electron chi connectivity index (χ1n) is 13.4. The zero-order valence-corrected chi connectivity index (χ0v) is 24.2. The third-order valence-corrected chi connectivity index (χ3v) is 8.49. The summed E-state index contributed by atoms with van der Waals surface area (Å²) < 4.78 is 22.5. The van der Waals surface area contributed by atoms with E-state index in [0.717, 1.165) is 16.7 Å². The van der Waals surface area contributed by atoms with Crippen molar-refractivity contribution in [2.24, 2.45) is 5.92 Å². The average molecular weight is 586 g/mol. The molecule has 4 aromatic rings. The molecule has 6 rings (SSSR count). The van der Waals surface area contributed by atoms with Gasteiger partial charge in [-0.25, -0.2) is 9.78 Å². The van der Waals surface area contributed by atoms with Gasteiger partial charge in [0.15, 0.2) is 5.75 Å². The van der Waals surface area contributed by atoms with E-state index in [1.54, 1.807) is 13.0 Å². The van der Waals surface area contributed by atoms with Gasteiger partial charge in [-0.1, -0.05) is 73.1 Å². The molecule has 42 heavy (non-hydrogen) atoms. The second kappa shape index (κ2) is 10.5. The fourth-order valence-corrected chi connectivity index (χ4v) is 6.29. The molecule has 1 spiro atoms. The number of halogens is 1. The molecule has 9 heteroatoms. The second-order valence-electron chi connectivity index (χ2n) is 10.4. The Balaban J connectivity index is 1.59. The Morgan fingerprint density at radius 2 is 1.62 bits per heavy atom. The van der Waals surface area contributed by atoms with E-state index < -0.39 is 29.4 Å². The van der Waals surface area contributed by atoms with Gasteiger partial charge in [0, 0.05) is 17.5 Å². The first kappa shape index (κ1) is 27.8. The number of fused-ring (bicyclic) bond motifs is 3. The number of methoxy groups -OCH3 is 3. The van der Waals surface area contributed by atoms with Crippen LogP contribution in [0.3, 0.4) is 0 Å². The molecule has 0 saturated carbocycles. The molecule has 1 unspecified atom stereocenters. The van der Waals surface area contributed by atoms with E-state index in [2.05, 4.69) is 4.98 Å². The fourth-order valence-electron chi connectivity index (χ4n) is 6.03. The summed E-state index contributed by atoms with van der Waals surface area (Å²) in [6.07, 6.45) is -0.798. The Kier molecular flexibility index (Phi) is 6.91. The molecule has 0 amide bonds. The number of aliphatic hydroxyl groups is 1. The van der Waals surface area contributed by atoms with Crippen LogP contribution < -0.4 is 14.2 Å². The van der Waals surface area contributed by atoms with Gasteiger partial charge in [0.2, 0.25) is 11.4 Å². The standard InChI is InChI=1S/C33H28ClNO7/c1-17-14-23(36)26-21(20-12-10-19(11-13-20)18-8-6-5-7-9-18)15-22(32(38)41-4)35-30(26)33(17)31(37)27-24(39-2)16-25(40-3)28(34)29(27)42-33/h5-13,15-17,23,36H,14H2,1-4H3/t17-,23?,33+/m1/s1. The summed E-state index contributed by atoms with van der Waals surface area (Å²) in [4.78, 5) is 32.0. The number of benzene rings is 3. The maximum absolute atomic E-state index is 14.4. The quantitative estimate of drug-likeness (QED) is 0.268. The molecule has 2 heterocycles. The second-order valence-corrected chi connectivity index (χ2v) is 10.7. The number of carbonyl (C=O) groups is 2. The third kappa shape index (κ3) is 4.05. The topological polar surface area (TPSA) is 104 Å². The highest BCUT2D eigenvalue weighted by Crippen LogP contribution is 2.58. The van der Waals surface area contributed by atoms with Gasteiger partial charge in [-0.15, -0.1) is 0 Å². The Bertz CT molecular complexity index is 1720. The Morgan fingerprint density at radius 1 is 0.976 bits per heavy atom. The van der Waals surface area contributed by atoms with Crippen LogP contribution >= 0.6 is 11.6 Å². The average Bonchev–Trinajstić information content (AvgIpc) is 3.34. The van der Waals surface area contributed by atoms with Gasteiger partial charge in [0.1, 0.15) is 27.8 Å². The van der Waals surface area contributed by atoms with Crippen LogP contribution in [0, 0.1) is 5.92 Å². The monoisotopic (exact) mass is 585 g/mol. The maximum Gasteiger partial charge on any atom is 0.356 e. The molecule has 0 bridgehead atoms. The molecule has 1 N–H and O–H groups in total. The Morgan fingerprint density at radius 3 is 2.26 bits per heavy atom. The lowest BCUT2D eigenvalue weighted by molar-refractivity contribution is -0.00612. The summed E-state index contributed by atoms with van der Waals surface area (Å²) in [7, 11) is 4.15. The number of aromatic nitrogens is 1. The number of aliphatic hydroxyl groups excluding tert-OH is 1. The van der Waals surface area contributed by atoms with Gasteiger partial charge < -0.3 is 24.1 Å². The van der Waals surface area contributed by atoms with Crippen molar-refractivity contribution in [3.8, 4) is 39.5 Å². The van der Waals surface area contributed by atoms with Crippen molar-refractivity contribution in [3.63, 3.8) is 0 Å². The molecule has 3 aromatic carbocycles. The van der Waals surface area contributed by atoms with Gasteiger partial charge in [-0.05, 0) is 34.7 Å². The SMILES string of the molecule is COC(=O)c1cc(-c2ccc(-c3ccccc3)cc2)c2c(n1)[C@@]1(Oc3c(Cl)c(OC)cc(OC)c3C1=O)[C@H](C)CC2O. The number of Topliss-reactive ketones (excluding diaryl/α,β-unsaturated/α-hetero) is 1. The van der Waals surface area contributed by atoms with Crippen molar-refractivity contribution >= 4 is 23.4 Å². The van der Waals surface area contributed by atoms with E-state index in [4.69, 9.17) is 30.5 Å². The van der Waals surface area contributed by atoms with Crippen LogP contribution in [0.25, 0.3) is 22.3 Å². The van der Waals surface area contributed by atoms with Crippen molar-refractivity contribution in [2.75, 3.05) is 21.3 Å². The predicted octanol–water partition coefficient (Wildman–Crippen LogP) is 6.42. The van der Waals surface area contributed by atoms with Gasteiger partial charge in [0.05, 0.1) is 33.1 Å². The van der Waals surface area contributed by atoms with Crippen LogP contribution in [0.2, 0.25) is 5.02 Å². The van der Waals surface area contributed by atoms with Crippen LogP contribution in [0.4, 0.5) is 0 Å². The smallest absolute Gasteiger partial charge is 0.356 e. The van der Waals surface area contributed by atoms with Gasteiger partial charge in [0.25, 0.3) is 0 Å². The summed E-state index contributed by atoms with van der Waals surface area (Å²) >= 11 is 6.65.